The molecule has 2 aromatic carbocycles. The molecule has 0 heterocycles. The summed E-state index contributed by atoms with van der Waals surface area (Å²) >= 11 is 0. The molecule has 0 N–H and O–H groups in total. The molecule has 0 amide bonds. The van der Waals surface area contributed by atoms with E-state index in [2.05, 4.69) is 6.92 Å². The van der Waals surface area contributed by atoms with Gasteiger partial charge in [-0.15, -0.1) is 0 Å². The highest BCUT2D eigenvalue weighted by Crippen LogP contribution is 2.39. The molecule has 3 rings (SSSR count). The van der Waals surface area contributed by atoms with E-state index in [0.717, 1.165) is 18.4 Å². The Balaban J connectivity index is 1.71. The molecule has 1 fully saturated rings. The Morgan fingerprint density at radius 1 is 0.939 bits per heavy atom. The Hall–Kier alpha value is -2.17. The van der Waals surface area contributed by atoms with Crippen molar-refractivity contribution in [2.45, 2.75) is 77.8 Å². The number of halogens is 5. The molecule has 0 radical (unpaired) electrons. The SMILES string of the molecule is C/C=C/c1ccc(-c2ccc(CCC3CCC(CCCC)CC3)c(F)c2)c(F)c1C(F)(F)F. The van der Waals surface area contributed by atoms with E-state index in [9.17, 15) is 22.0 Å². The fourth-order valence-electron chi connectivity index (χ4n) is 5.00. The van der Waals surface area contributed by atoms with E-state index in [-0.39, 0.29) is 16.7 Å². The minimum absolute atomic E-state index is 0.114. The summed E-state index contributed by atoms with van der Waals surface area (Å²) in [6.45, 7) is 3.78. The second-order valence-corrected chi connectivity index (χ2v) is 9.26. The van der Waals surface area contributed by atoms with Crippen molar-refractivity contribution in [1.29, 1.82) is 0 Å². The Bertz CT molecular complexity index is 949. The quantitative estimate of drug-likeness (QED) is 0.341. The maximum Gasteiger partial charge on any atom is 0.419 e. The first-order valence-corrected chi connectivity index (χ1v) is 12.1. The fourth-order valence-corrected chi connectivity index (χ4v) is 5.00. The predicted molar refractivity (Wildman–Crippen MR) is 125 cm³/mol. The minimum Gasteiger partial charge on any atom is -0.207 e. The number of hydrogen-bond donors (Lipinski definition) is 0. The highest BCUT2D eigenvalue weighted by molar-refractivity contribution is 5.69. The largest absolute Gasteiger partial charge is 0.419 e. The smallest absolute Gasteiger partial charge is 0.207 e. The molecular formula is C28H33F5. The third-order valence-corrected chi connectivity index (χ3v) is 6.92. The van der Waals surface area contributed by atoms with Gasteiger partial charge in [-0.2, -0.15) is 13.2 Å². The van der Waals surface area contributed by atoms with Gasteiger partial charge in [0.1, 0.15) is 11.6 Å². The van der Waals surface area contributed by atoms with E-state index in [1.165, 1.54) is 75.3 Å². The molecule has 5 heteroatoms. The van der Waals surface area contributed by atoms with Crippen LogP contribution in [0, 0.1) is 23.5 Å². The van der Waals surface area contributed by atoms with Crippen molar-refractivity contribution in [2.75, 3.05) is 0 Å². The van der Waals surface area contributed by atoms with Gasteiger partial charge in [0.25, 0.3) is 0 Å². The Morgan fingerprint density at radius 3 is 2.18 bits per heavy atom. The van der Waals surface area contributed by atoms with E-state index >= 15 is 0 Å². The van der Waals surface area contributed by atoms with Crippen molar-refractivity contribution in [2.24, 2.45) is 11.8 Å². The average molecular weight is 465 g/mol. The lowest BCUT2D eigenvalue weighted by Crippen LogP contribution is -2.15. The molecule has 0 aliphatic heterocycles. The summed E-state index contributed by atoms with van der Waals surface area (Å²) in [5.41, 5.74) is -1.16. The van der Waals surface area contributed by atoms with Crippen LogP contribution in [-0.2, 0) is 12.6 Å². The number of hydrogen-bond acceptors (Lipinski definition) is 0. The number of rotatable bonds is 8. The van der Waals surface area contributed by atoms with Crippen LogP contribution in [0.1, 0.15) is 81.9 Å². The van der Waals surface area contributed by atoms with Crippen LogP contribution in [0.25, 0.3) is 17.2 Å². The summed E-state index contributed by atoms with van der Waals surface area (Å²) in [4.78, 5) is 0. The molecule has 0 nitrogen and oxygen atoms in total. The summed E-state index contributed by atoms with van der Waals surface area (Å²) in [5, 5.41) is 0. The Kier molecular flexibility index (Phi) is 8.72. The van der Waals surface area contributed by atoms with Gasteiger partial charge in [-0.1, -0.05) is 88.3 Å². The zero-order chi connectivity index (χ0) is 24.0. The van der Waals surface area contributed by atoms with Crippen LogP contribution in [0.3, 0.4) is 0 Å². The van der Waals surface area contributed by atoms with Crippen LogP contribution >= 0.6 is 0 Å². The van der Waals surface area contributed by atoms with Crippen molar-refractivity contribution in [3.8, 4) is 11.1 Å². The van der Waals surface area contributed by atoms with Crippen LogP contribution < -0.4 is 0 Å². The maximum absolute atomic E-state index is 14.9. The molecule has 0 aromatic heterocycles. The lowest BCUT2D eigenvalue weighted by Gasteiger charge is -2.28. The zero-order valence-electron chi connectivity index (χ0n) is 19.4. The predicted octanol–water partition coefficient (Wildman–Crippen LogP) is 9.61. The van der Waals surface area contributed by atoms with Crippen molar-refractivity contribution in [3.05, 3.63) is 64.7 Å². The third kappa shape index (κ3) is 6.45. The lowest BCUT2D eigenvalue weighted by molar-refractivity contribution is -0.140. The summed E-state index contributed by atoms with van der Waals surface area (Å²) in [5.74, 6) is -0.444. The Labute approximate surface area is 193 Å². The van der Waals surface area contributed by atoms with Gasteiger partial charge in [0.2, 0.25) is 0 Å². The lowest BCUT2D eigenvalue weighted by atomic mass is 9.78. The fraction of sp³-hybridized carbons (Fsp3) is 0.500. The van der Waals surface area contributed by atoms with Gasteiger partial charge in [0, 0.05) is 5.56 Å². The summed E-state index contributed by atoms with van der Waals surface area (Å²) < 4.78 is 70.2. The first-order valence-electron chi connectivity index (χ1n) is 12.1. The van der Waals surface area contributed by atoms with Crippen molar-refractivity contribution in [3.63, 3.8) is 0 Å². The van der Waals surface area contributed by atoms with E-state index in [1.807, 2.05) is 0 Å². The van der Waals surface area contributed by atoms with Crippen LogP contribution in [0.4, 0.5) is 22.0 Å². The summed E-state index contributed by atoms with van der Waals surface area (Å²) in [6.07, 6.45) is 7.97. The van der Waals surface area contributed by atoms with Gasteiger partial charge in [0.15, 0.2) is 0 Å². The zero-order valence-corrected chi connectivity index (χ0v) is 19.4. The molecule has 0 atom stereocenters. The number of aryl methyl sites for hydroxylation is 1. The second-order valence-electron chi connectivity index (χ2n) is 9.26. The van der Waals surface area contributed by atoms with Crippen molar-refractivity contribution < 1.29 is 22.0 Å². The van der Waals surface area contributed by atoms with Crippen LogP contribution in [-0.4, -0.2) is 0 Å². The topological polar surface area (TPSA) is 0 Å². The second kappa shape index (κ2) is 11.3. The number of unbranched alkanes of at least 4 members (excludes halogenated alkanes) is 1. The van der Waals surface area contributed by atoms with Crippen LogP contribution in [0.2, 0.25) is 0 Å². The normalized spacial score (nSPS) is 19.4. The molecule has 1 aliphatic carbocycles. The Morgan fingerprint density at radius 2 is 1.61 bits per heavy atom. The molecule has 1 saturated carbocycles. The minimum atomic E-state index is -4.84. The molecule has 2 aromatic rings. The molecule has 0 unspecified atom stereocenters. The standard InChI is InChI=1S/C28H33F5/c1-3-5-7-19-8-10-20(11-9-19)12-13-21-14-15-23(18-25(21)29)24-17-16-22(6-4-2)26(27(24)30)28(31,32)33/h4,6,14-20H,3,5,7-13H2,1-2H3/b6-4+. The van der Waals surface area contributed by atoms with Crippen LogP contribution in [0.5, 0.6) is 0 Å². The highest BCUT2D eigenvalue weighted by Gasteiger charge is 2.37. The number of allylic oxidation sites excluding steroid dienone is 1. The number of benzene rings is 2. The molecule has 1 aliphatic rings. The summed E-state index contributed by atoms with van der Waals surface area (Å²) in [6, 6.07) is 6.78. The molecule has 180 valence electrons. The van der Waals surface area contributed by atoms with Gasteiger partial charge in [-0.3, -0.25) is 0 Å². The van der Waals surface area contributed by atoms with Crippen molar-refractivity contribution >= 4 is 6.08 Å². The molecule has 0 spiro atoms. The number of alkyl halides is 3. The molecule has 0 bridgehead atoms. The van der Waals surface area contributed by atoms with E-state index in [4.69, 9.17) is 0 Å². The first kappa shape index (κ1) is 25.5. The maximum atomic E-state index is 14.9. The van der Waals surface area contributed by atoms with Crippen LogP contribution in [0.15, 0.2) is 36.4 Å². The van der Waals surface area contributed by atoms with Crippen molar-refractivity contribution in [1.82, 2.24) is 0 Å². The first-order chi connectivity index (χ1) is 15.7. The summed E-state index contributed by atoms with van der Waals surface area (Å²) in [7, 11) is 0. The highest BCUT2D eigenvalue weighted by atomic mass is 19.4. The van der Waals surface area contributed by atoms with Gasteiger partial charge in [-0.05, 0) is 54.4 Å². The monoisotopic (exact) mass is 464 g/mol. The average Bonchev–Trinajstić information content (AvgIpc) is 2.77. The van der Waals surface area contributed by atoms with Gasteiger partial charge in [0.05, 0.1) is 5.56 Å². The van der Waals surface area contributed by atoms with E-state index < -0.39 is 23.4 Å². The molecule has 0 saturated heterocycles. The van der Waals surface area contributed by atoms with E-state index in [1.54, 1.807) is 13.0 Å². The third-order valence-electron chi connectivity index (χ3n) is 6.92. The van der Waals surface area contributed by atoms with Gasteiger partial charge >= 0.3 is 6.18 Å². The molecular weight excluding hydrogens is 431 g/mol. The molecule has 33 heavy (non-hydrogen) atoms. The van der Waals surface area contributed by atoms with Gasteiger partial charge < -0.3 is 0 Å². The van der Waals surface area contributed by atoms with E-state index in [0.29, 0.717) is 17.9 Å². The van der Waals surface area contributed by atoms with Gasteiger partial charge in [-0.25, -0.2) is 8.78 Å².